The molecular weight excluding hydrogens is 228 g/mol. The third-order valence-electron chi connectivity index (χ3n) is 2.59. The maximum atomic E-state index is 13.6. The fourth-order valence-electron chi connectivity index (χ4n) is 1.96. The molecule has 1 rings (SSSR count). The van der Waals surface area contributed by atoms with Gasteiger partial charge in [0, 0.05) is 5.56 Å². The van der Waals surface area contributed by atoms with Gasteiger partial charge in [-0.05, 0) is 25.6 Å². The highest BCUT2D eigenvalue weighted by Gasteiger charge is 2.33. The lowest BCUT2D eigenvalue weighted by Crippen LogP contribution is -2.42. The van der Waals surface area contributed by atoms with Gasteiger partial charge in [-0.25, -0.2) is 8.78 Å². The molecule has 0 fully saturated rings. The average molecular weight is 243 g/mol. The summed E-state index contributed by atoms with van der Waals surface area (Å²) in [5.41, 5.74) is -1.49. The summed E-state index contributed by atoms with van der Waals surface area (Å²) in [6.07, 6.45) is -0.390. The van der Waals surface area contributed by atoms with Crippen LogP contribution in [0.3, 0.4) is 0 Å². The molecule has 0 bridgehead atoms. The largest absolute Gasteiger partial charge is 0.481 e. The Morgan fingerprint density at radius 2 is 1.94 bits per heavy atom. The van der Waals surface area contributed by atoms with Crippen molar-refractivity contribution in [3.63, 3.8) is 0 Å². The van der Waals surface area contributed by atoms with Gasteiger partial charge in [0.1, 0.15) is 11.6 Å². The van der Waals surface area contributed by atoms with Gasteiger partial charge in [-0.1, -0.05) is 13.0 Å². The monoisotopic (exact) mass is 243 g/mol. The molecule has 0 aliphatic carbocycles. The Morgan fingerprint density at radius 3 is 2.35 bits per heavy atom. The zero-order valence-electron chi connectivity index (χ0n) is 9.76. The van der Waals surface area contributed by atoms with Crippen LogP contribution in [0.1, 0.15) is 25.8 Å². The molecule has 0 saturated carbocycles. The number of carboxylic acid groups (broad SMARTS) is 1. The first kappa shape index (κ1) is 13.6. The van der Waals surface area contributed by atoms with E-state index in [-0.39, 0.29) is 5.56 Å². The van der Waals surface area contributed by atoms with Gasteiger partial charge >= 0.3 is 5.97 Å². The average Bonchev–Trinajstić information content (AvgIpc) is 2.15. The molecule has 0 spiro atoms. The summed E-state index contributed by atoms with van der Waals surface area (Å²) in [6, 6.07) is 3.49. The molecule has 1 aromatic rings. The molecule has 2 N–H and O–H groups in total. The number of carboxylic acids is 1. The maximum Gasteiger partial charge on any atom is 0.305 e. The number of hydrogen-bond acceptors (Lipinski definition) is 2. The summed E-state index contributed by atoms with van der Waals surface area (Å²) >= 11 is 0. The highest BCUT2D eigenvalue weighted by Crippen LogP contribution is 2.29. The Morgan fingerprint density at radius 1 is 1.41 bits per heavy atom. The van der Waals surface area contributed by atoms with Gasteiger partial charge in [0.25, 0.3) is 0 Å². The van der Waals surface area contributed by atoms with Crippen molar-refractivity contribution in [2.75, 3.05) is 6.54 Å². The molecular formula is C12H15F2NO2. The number of carbonyl (C=O) groups is 1. The minimum absolute atomic E-state index is 0.232. The van der Waals surface area contributed by atoms with Crippen LogP contribution in [-0.4, -0.2) is 17.6 Å². The summed E-state index contributed by atoms with van der Waals surface area (Å²) in [4.78, 5) is 10.8. The van der Waals surface area contributed by atoms with Crippen molar-refractivity contribution >= 4 is 5.97 Å². The van der Waals surface area contributed by atoms with Crippen molar-refractivity contribution in [1.29, 1.82) is 0 Å². The summed E-state index contributed by atoms with van der Waals surface area (Å²) < 4.78 is 27.3. The second kappa shape index (κ2) is 5.23. The topological polar surface area (TPSA) is 49.3 Å². The molecule has 17 heavy (non-hydrogen) atoms. The number of halogens is 2. The molecule has 0 aliphatic heterocycles. The minimum Gasteiger partial charge on any atom is -0.481 e. The van der Waals surface area contributed by atoms with Gasteiger partial charge < -0.3 is 10.4 Å². The van der Waals surface area contributed by atoms with Gasteiger partial charge in [-0.2, -0.15) is 0 Å². The number of aliphatic carboxylic acids is 1. The second-order valence-electron chi connectivity index (χ2n) is 4.03. The zero-order chi connectivity index (χ0) is 13.1. The Hall–Kier alpha value is -1.49. The van der Waals surface area contributed by atoms with Crippen molar-refractivity contribution in [1.82, 2.24) is 5.32 Å². The van der Waals surface area contributed by atoms with Crippen LogP contribution in [0.4, 0.5) is 8.78 Å². The molecule has 0 aromatic heterocycles. The molecule has 94 valence electrons. The SMILES string of the molecule is CCNC(C)(CC(=O)O)c1c(F)cccc1F. The van der Waals surface area contributed by atoms with Crippen molar-refractivity contribution in [2.24, 2.45) is 0 Å². The summed E-state index contributed by atoms with van der Waals surface area (Å²) in [5.74, 6) is -2.60. The molecule has 1 aromatic carbocycles. The maximum absolute atomic E-state index is 13.6. The quantitative estimate of drug-likeness (QED) is 0.834. The van der Waals surface area contributed by atoms with E-state index in [0.717, 1.165) is 12.1 Å². The lowest BCUT2D eigenvalue weighted by Gasteiger charge is -2.30. The van der Waals surface area contributed by atoms with Crippen molar-refractivity contribution < 1.29 is 18.7 Å². The van der Waals surface area contributed by atoms with Crippen LogP contribution in [0, 0.1) is 11.6 Å². The summed E-state index contributed by atoms with van der Waals surface area (Å²) in [7, 11) is 0. The molecule has 1 unspecified atom stereocenters. The van der Waals surface area contributed by atoms with E-state index in [9.17, 15) is 13.6 Å². The van der Waals surface area contributed by atoms with Crippen molar-refractivity contribution in [3.8, 4) is 0 Å². The summed E-state index contributed by atoms with van der Waals surface area (Å²) in [5, 5.41) is 11.7. The zero-order valence-corrected chi connectivity index (χ0v) is 9.76. The van der Waals surface area contributed by atoms with Gasteiger partial charge in [0.15, 0.2) is 0 Å². The molecule has 0 saturated heterocycles. The Balaban J connectivity index is 3.26. The van der Waals surface area contributed by atoms with E-state index < -0.39 is 29.6 Å². The Bertz CT molecular complexity index is 403. The number of rotatable bonds is 5. The van der Waals surface area contributed by atoms with E-state index in [1.807, 2.05) is 0 Å². The van der Waals surface area contributed by atoms with Crippen molar-refractivity contribution in [3.05, 3.63) is 35.4 Å². The predicted molar refractivity (Wildman–Crippen MR) is 59.6 cm³/mol. The van der Waals surface area contributed by atoms with Crippen LogP contribution < -0.4 is 5.32 Å². The number of nitrogens with one attached hydrogen (secondary N) is 1. The van der Waals surface area contributed by atoms with Crippen LogP contribution in [-0.2, 0) is 10.3 Å². The lowest BCUT2D eigenvalue weighted by molar-refractivity contribution is -0.138. The van der Waals surface area contributed by atoms with E-state index in [0.29, 0.717) is 6.54 Å². The van der Waals surface area contributed by atoms with Crippen LogP contribution in [0.2, 0.25) is 0 Å². The lowest BCUT2D eigenvalue weighted by atomic mass is 9.87. The highest BCUT2D eigenvalue weighted by atomic mass is 19.1. The van der Waals surface area contributed by atoms with Gasteiger partial charge in [0.2, 0.25) is 0 Å². The van der Waals surface area contributed by atoms with Crippen molar-refractivity contribution in [2.45, 2.75) is 25.8 Å². The smallest absolute Gasteiger partial charge is 0.305 e. The number of hydrogen-bond donors (Lipinski definition) is 2. The van der Waals surface area contributed by atoms with Crippen LogP contribution in [0.15, 0.2) is 18.2 Å². The fourth-order valence-corrected chi connectivity index (χ4v) is 1.96. The van der Waals surface area contributed by atoms with E-state index in [1.165, 1.54) is 13.0 Å². The first-order valence-corrected chi connectivity index (χ1v) is 5.32. The molecule has 0 aliphatic rings. The minimum atomic E-state index is -1.25. The molecule has 1 atom stereocenters. The highest BCUT2D eigenvalue weighted by molar-refractivity contribution is 5.69. The first-order chi connectivity index (χ1) is 7.90. The summed E-state index contributed by atoms with van der Waals surface area (Å²) in [6.45, 7) is 3.64. The van der Waals surface area contributed by atoms with E-state index in [4.69, 9.17) is 5.11 Å². The molecule has 5 heteroatoms. The number of benzene rings is 1. The predicted octanol–water partition coefficient (Wildman–Crippen LogP) is 2.26. The third kappa shape index (κ3) is 3.00. The molecule has 3 nitrogen and oxygen atoms in total. The fraction of sp³-hybridized carbons (Fsp3) is 0.417. The van der Waals surface area contributed by atoms with Gasteiger partial charge in [-0.3, -0.25) is 4.79 Å². The van der Waals surface area contributed by atoms with Gasteiger partial charge in [0.05, 0.1) is 12.0 Å². The second-order valence-corrected chi connectivity index (χ2v) is 4.03. The first-order valence-electron chi connectivity index (χ1n) is 5.32. The Kier molecular flexibility index (Phi) is 4.17. The van der Waals surface area contributed by atoms with Crippen LogP contribution in [0.5, 0.6) is 0 Å². The third-order valence-corrected chi connectivity index (χ3v) is 2.59. The van der Waals surface area contributed by atoms with E-state index in [1.54, 1.807) is 6.92 Å². The Labute approximate surface area is 98.5 Å². The van der Waals surface area contributed by atoms with Gasteiger partial charge in [-0.15, -0.1) is 0 Å². The normalized spacial score (nSPS) is 14.4. The van der Waals surface area contributed by atoms with Crippen LogP contribution in [0.25, 0.3) is 0 Å². The van der Waals surface area contributed by atoms with E-state index in [2.05, 4.69) is 5.32 Å². The molecule has 0 heterocycles. The molecule has 0 amide bonds. The van der Waals surface area contributed by atoms with E-state index >= 15 is 0 Å². The molecule has 0 radical (unpaired) electrons. The standard InChI is InChI=1S/C12H15F2NO2/c1-3-15-12(2,7-10(16)17)11-8(13)5-4-6-9(11)14/h4-6,15H,3,7H2,1-2H3,(H,16,17). The van der Waals surface area contributed by atoms with Crippen LogP contribution >= 0.6 is 0 Å².